The highest BCUT2D eigenvalue weighted by molar-refractivity contribution is 6.07. The molecule has 1 aliphatic rings. The summed E-state index contributed by atoms with van der Waals surface area (Å²) in [4.78, 5) is 9.97. The molecule has 6 heteroatoms. The van der Waals surface area contributed by atoms with Crippen LogP contribution in [0.1, 0.15) is 24.8 Å². The van der Waals surface area contributed by atoms with Crippen LogP contribution in [0.15, 0.2) is 79.0 Å². The number of pyridine rings is 1. The predicted octanol–water partition coefficient (Wildman–Crippen LogP) is 4.94. The number of benzene rings is 3. The summed E-state index contributed by atoms with van der Waals surface area (Å²) in [7, 11) is 0. The maximum Gasteiger partial charge on any atom is 0.121 e. The molecule has 3 N–H and O–H groups in total. The first-order valence-electron chi connectivity index (χ1n) is 12.2. The second-order valence-electron chi connectivity index (χ2n) is 9.48. The van der Waals surface area contributed by atoms with Gasteiger partial charge in [0, 0.05) is 59.0 Å². The number of piperidine rings is 1. The Morgan fingerprint density at radius 1 is 0.943 bits per heavy atom. The zero-order valence-corrected chi connectivity index (χ0v) is 19.5. The molecule has 0 bridgehead atoms. The van der Waals surface area contributed by atoms with Crippen molar-refractivity contribution in [2.45, 2.75) is 31.1 Å². The van der Waals surface area contributed by atoms with E-state index in [1.165, 1.54) is 10.8 Å². The number of hydrogen-bond acceptors (Lipinski definition) is 5. The molecular formula is C29H29N3O3. The molecule has 0 aliphatic carbocycles. The number of likely N-dealkylation sites (tertiary alicyclic amines) is 1. The summed E-state index contributed by atoms with van der Waals surface area (Å²) in [5.41, 5.74) is 3.01. The maximum absolute atomic E-state index is 11.3. The highest BCUT2D eigenvalue weighted by Gasteiger charge is 2.36. The van der Waals surface area contributed by atoms with Gasteiger partial charge in [0.05, 0.1) is 23.2 Å². The highest BCUT2D eigenvalue weighted by atomic mass is 16.5. The fraction of sp³-hybridized carbons (Fsp3) is 0.276. The van der Waals surface area contributed by atoms with Crippen LogP contribution >= 0.6 is 0 Å². The Balaban J connectivity index is 1.05. The minimum atomic E-state index is -0.918. The molecular weight excluding hydrogens is 438 g/mol. The lowest BCUT2D eigenvalue weighted by Crippen LogP contribution is -2.47. The van der Waals surface area contributed by atoms with E-state index < -0.39 is 11.8 Å². The van der Waals surface area contributed by atoms with Gasteiger partial charge in [0.2, 0.25) is 0 Å². The predicted molar refractivity (Wildman–Crippen MR) is 138 cm³/mol. The van der Waals surface area contributed by atoms with E-state index in [9.17, 15) is 10.2 Å². The third-order valence-electron chi connectivity index (χ3n) is 7.30. The van der Waals surface area contributed by atoms with Crippen molar-refractivity contribution in [2.24, 2.45) is 0 Å². The Hall–Kier alpha value is -3.45. The topological polar surface area (TPSA) is 81.6 Å². The van der Waals surface area contributed by atoms with Crippen molar-refractivity contribution in [3.63, 3.8) is 0 Å². The lowest BCUT2D eigenvalue weighted by Gasteiger charge is -2.40. The average molecular weight is 468 g/mol. The third-order valence-corrected chi connectivity index (χ3v) is 7.30. The lowest BCUT2D eigenvalue weighted by atomic mass is 9.84. The van der Waals surface area contributed by atoms with Gasteiger partial charge in [-0.1, -0.05) is 36.4 Å². The van der Waals surface area contributed by atoms with Gasteiger partial charge in [0.1, 0.15) is 12.0 Å². The van der Waals surface area contributed by atoms with E-state index >= 15 is 0 Å². The lowest BCUT2D eigenvalue weighted by molar-refractivity contribution is -0.0819. The molecule has 0 saturated carbocycles. The number of aliphatic hydroxyl groups excluding tert-OH is 1. The zero-order chi connectivity index (χ0) is 23.8. The minimum absolute atomic E-state index is 0.419. The minimum Gasteiger partial charge on any atom is -0.493 e. The Morgan fingerprint density at radius 3 is 2.60 bits per heavy atom. The Labute approximate surface area is 203 Å². The first-order valence-corrected chi connectivity index (χ1v) is 12.2. The summed E-state index contributed by atoms with van der Waals surface area (Å²) in [5.74, 6) is 0.785. The van der Waals surface area contributed by atoms with Crippen molar-refractivity contribution in [2.75, 3.05) is 19.7 Å². The summed E-state index contributed by atoms with van der Waals surface area (Å²) < 4.78 is 5.96. The molecule has 6 nitrogen and oxygen atoms in total. The Morgan fingerprint density at radius 2 is 1.71 bits per heavy atom. The van der Waals surface area contributed by atoms with Crippen LogP contribution in [-0.4, -0.2) is 51.0 Å². The van der Waals surface area contributed by atoms with E-state index in [4.69, 9.17) is 4.74 Å². The zero-order valence-electron chi connectivity index (χ0n) is 19.5. The Bertz CT molecular complexity index is 1490. The summed E-state index contributed by atoms with van der Waals surface area (Å²) >= 11 is 0. The monoisotopic (exact) mass is 467 g/mol. The van der Waals surface area contributed by atoms with Crippen molar-refractivity contribution in [1.29, 1.82) is 0 Å². The number of H-pyrrole nitrogens is 1. The largest absolute Gasteiger partial charge is 0.493 e. The van der Waals surface area contributed by atoms with Crippen LogP contribution in [0.5, 0.6) is 5.75 Å². The molecule has 1 saturated heterocycles. The molecule has 2 aromatic heterocycles. The van der Waals surface area contributed by atoms with Crippen LogP contribution in [-0.2, 0) is 5.60 Å². The first kappa shape index (κ1) is 22.0. The molecule has 1 unspecified atom stereocenters. The number of ether oxygens (including phenoxy) is 1. The second-order valence-corrected chi connectivity index (χ2v) is 9.48. The van der Waals surface area contributed by atoms with Crippen LogP contribution in [0.4, 0.5) is 0 Å². The van der Waals surface area contributed by atoms with E-state index in [0.29, 0.717) is 39.0 Å². The number of aliphatic hydroxyl groups is 2. The van der Waals surface area contributed by atoms with Crippen molar-refractivity contribution in [1.82, 2.24) is 14.9 Å². The van der Waals surface area contributed by atoms with Gasteiger partial charge in [0.25, 0.3) is 0 Å². The van der Waals surface area contributed by atoms with E-state index in [0.717, 1.165) is 33.2 Å². The number of nitrogens with zero attached hydrogens (tertiary/aromatic N) is 2. The number of rotatable bonds is 6. The molecule has 1 fully saturated rings. The van der Waals surface area contributed by atoms with Gasteiger partial charge in [-0.2, -0.15) is 0 Å². The van der Waals surface area contributed by atoms with Gasteiger partial charge >= 0.3 is 0 Å². The van der Waals surface area contributed by atoms with E-state index in [-0.39, 0.29) is 0 Å². The molecule has 0 amide bonds. The maximum atomic E-state index is 11.3. The molecule has 3 aromatic carbocycles. The number of aromatic amines is 1. The van der Waals surface area contributed by atoms with Gasteiger partial charge in [-0.25, -0.2) is 0 Å². The van der Waals surface area contributed by atoms with Crippen molar-refractivity contribution < 1.29 is 14.9 Å². The van der Waals surface area contributed by atoms with Crippen LogP contribution in [0.25, 0.3) is 32.7 Å². The molecule has 3 heterocycles. The first-order chi connectivity index (χ1) is 17.1. The van der Waals surface area contributed by atoms with E-state index in [2.05, 4.69) is 28.2 Å². The van der Waals surface area contributed by atoms with Gasteiger partial charge in [-0.05, 0) is 43.2 Å². The van der Waals surface area contributed by atoms with Crippen LogP contribution in [0, 0.1) is 0 Å². The number of aromatic nitrogens is 2. The standard InChI is InChI=1S/C29H29N3O3/c33-28(11-16-35-22-9-10-24-23-6-2-4-8-26(23)31-27(24)18-22)32-14-12-29(34,13-15-32)21-17-20-5-1-3-7-25(20)30-19-21/h1-10,17-19,28,31,33-34H,11-16H2. The van der Waals surface area contributed by atoms with Gasteiger partial charge < -0.3 is 19.9 Å². The van der Waals surface area contributed by atoms with E-state index in [1.807, 2.05) is 59.5 Å². The SMILES string of the molecule is OC(CCOc1ccc2c(c1)[nH]c1ccccc12)N1CCC(O)(c2cnc3ccccc3c2)CC1. The fourth-order valence-corrected chi connectivity index (χ4v) is 5.19. The summed E-state index contributed by atoms with van der Waals surface area (Å²) in [6, 6.07) is 24.3. The smallest absolute Gasteiger partial charge is 0.121 e. The van der Waals surface area contributed by atoms with Crippen LogP contribution < -0.4 is 4.74 Å². The number of fused-ring (bicyclic) bond motifs is 4. The van der Waals surface area contributed by atoms with Crippen molar-refractivity contribution in [3.05, 3.63) is 84.6 Å². The number of para-hydroxylation sites is 2. The molecule has 5 aromatic rings. The van der Waals surface area contributed by atoms with Crippen LogP contribution in [0.2, 0.25) is 0 Å². The quantitative estimate of drug-likeness (QED) is 0.330. The average Bonchev–Trinajstić information content (AvgIpc) is 3.26. The number of hydrogen-bond donors (Lipinski definition) is 3. The normalized spacial score (nSPS) is 17.2. The second kappa shape index (κ2) is 8.96. The van der Waals surface area contributed by atoms with Gasteiger partial charge in [-0.3, -0.25) is 9.88 Å². The van der Waals surface area contributed by atoms with E-state index in [1.54, 1.807) is 6.20 Å². The highest BCUT2D eigenvalue weighted by Crippen LogP contribution is 2.34. The summed E-state index contributed by atoms with van der Waals surface area (Å²) in [6.07, 6.45) is 2.79. The van der Waals surface area contributed by atoms with Crippen LogP contribution in [0.3, 0.4) is 0 Å². The molecule has 178 valence electrons. The summed E-state index contributed by atoms with van der Waals surface area (Å²) in [6.45, 7) is 1.65. The molecule has 35 heavy (non-hydrogen) atoms. The van der Waals surface area contributed by atoms with Crippen molar-refractivity contribution >= 4 is 32.7 Å². The Kier molecular flexibility index (Phi) is 5.65. The number of nitrogens with one attached hydrogen (secondary N) is 1. The van der Waals surface area contributed by atoms with Crippen molar-refractivity contribution in [3.8, 4) is 5.75 Å². The molecule has 6 rings (SSSR count). The van der Waals surface area contributed by atoms with Gasteiger partial charge in [0.15, 0.2) is 0 Å². The molecule has 1 aliphatic heterocycles. The third kappa shape index (κ3) is 4.25. The molecule has 0 radical (unpaired) electrons. The molecule has 0 spiro atoms. The van der Waals surface area contributed by atoms with Gasteiger partial charge in [-0.15, -0.1) is 0 Å². The molecule has 1 atom stereocenters. The summed E-state index contributed by atoms with van der Waals surface area (Å²) in [5, 5.41) is 25.4. The fourth-order valence-electron chi connectivity index (χ4n) is 5.19.